The molecule has 4 heteroatoms. The summed E-state index contributed by atoms with van der Waals surface area (Å²) in [6.45, 7) is 4.81. The van der Waals surface area contributed by atoms with Crippen LogP contribution in [-0.2, 0) is 0 Å². The van der Waals surface area contributed by atoms with Gasteiger partial charge >= 0.3 is 0 Å². The van der Waals surface area contributed by atoms with E-state index in [0.717, 1.165) is 5.75 Å². The Morgan fingerprint density at radius 2 is 1.94 bits per heavy atom. The topological polar surface area (TPSA) is 9.23 Å². The van der Waals surface area contributed by atoms with Gasteiger partial charge in [-0.3, -0.25) is 0 Å². The summed E-state index contributed by atoms with van der Waals surface area (Å²) in [6.07, 6.45) is 0. The summed E-state index contributed by atoms with van der Waals surface area (Å²) in [7, 11) is 0. The van der Waals surface area contributed by atoms with E-state index in [2.05, 4.69) is 57.0 Å². The summed E-state index contributed by atoms with van der Waals surface area (Å²) in [4.78, 5) is 1.55. The highest BCUT2D eigenvalue weighted by molar-refractivity contribution is 9.11. The maximum Gasteiger partial charge on any atom is 0.119 e. The molecule has 2 aromatic rings. The van der Waals surface area contributed by atoms with Crippen LogP contribution in [0.15, 0.2) is 34.1 Å². The monoisotopic (exact) mass is 388 g/mol. The number of thiophene rings is 1. The van der Waals surface area contributed by atoms with Crippen LogP contribution < -0.4 is 4.74 Å². The number of hydrogen-bond acceptors (Lipinski definition) is 2. The predicted octanol–water partition coefficient (Wildman–Crippen LogP) is 5.70. The molecule has 18 heavy (non-hydrogen) atoms. The Morgan fingerprint density at radius 1 is 1.28 bits per heavy atom. The van der Waals surface area contributed by atoms with Crippen LogP contribution in [-0.4, -0.2) is 6.61 Å². The molecule has 0 spiro atoms. The molecule has 0 saturated heterocycles. The molecule has 1 heterocycles. The molecule has 0 bridgehead atoms. The Balaban J connectivity index is 2.20. The summed E-state index contributed by atoms with van der Waals surface area (Å²) in [5.74, 6) is 0.921. The van der Waals surface area contributed by atoms with Gasteiger partial charge in [0.25, 0.3) is 0 Å². The molecule has 1 nitrogen and oxygen atoms in total. The van der Waals surface area contributed by atoms with Gasteiger partial charge in [-0.05, 0) is 59.1 Å². The van der Waals surface area contributed by atoms with E-state index in [-0.39, 0.29) is 4.83 Å². The third-order valence-corrected chi connectivity index (χ3v) is 6.14. The highest BCUT2D eigenvalue weighted by atomic mass is 79.9. The fraction of sp³-hybridized carbons (Fsp3) is 0.286. The molecule has 0 aliphatic carbocycles. The summed E-state index contributed by atoms with van der Waals surface area (Å²) < 4.78 is 6.65. The Bertz CT molecular complexity index is 500. The quantitative estimate of drug-likeness (QED) is 0.609. The summed E-state index contributed by atoms with van der Waals surface area (Å²) in [5, 5.41) is 0. The third kappa shape index (κ3) is 3.16. The molecule has 0 amide bonds. The molecular weight excluding hydrogens is 376 g/mol. The van der Waals surface area contributed by atoms with Gasteiger partial charge in [-0.1, -0.05) is 28.1 Å². The second-order valence-electron chi connectivity index (χ2n) is 3.97. The van der Waals surface area contributed by atoms with Gasteiger partial charge in [-0.15, -0.1) is 11.3 Å². The molecule has 0 radical (unpaired) electrons. The molecule has 2 rings (SSSR count). The van der Waals surface area contributed by atoms with Gasteiger partial charge < -0.3 is 4.74 Å². The van der Waals surface area contributed by atoms with Crippen LogP contribution in [0.25, 0.3) is 0 Å². The van der Waals surface area contributed by atoms with Crippen molar-refractivity contribution in [3.8, 4) is 5.75 Å². The predicted molar refractivity (Wildman–Crippen MR) is 85.1 cm³/mol. The van der Waals surface area contributed by atoms with Crippen molar-refractivity contribution in [3.05, 3.63) is 50.1 Å². The van der Waals surface area contributed by atoms with Crippen LogP contribution in [0.1, 0.15) is 27.8 Å². The van der Waals surface area contributed by atoms with E-state index in [1.54, 1.807) is 11.3 Å². The average Bonchev–Trinajstić information content (AvgIpc) is 2.70. The summed E-state index contributed by atoms with van der Waals surface area (Å²) in [5.41, 5.74) is 2.53. The molecule has 1 aromatic heterocycles. The van der Waals surface area contributed by atoms with E-state index in [4.69, 9.17) is 4.74 Å². The molecule has 1 aromatic carbocycles. The normalized spacial score (nSPS) is 12.4. The third-order valence-electron chi connectivity index (χ3n) is 2.61. The lowest BCUT2D eigenvalue weighted by Gasteiger charge is -2.09. The Hall–Kier alpha value is -0.320. The minimum Gasteiger partial charge on any atom is -0.494 e. The summed E-state index contributed by atoms with van der Waals surface area (Å²) in [6, 6.07) is 10.5. The minimum absolute atomic E-state index is 0.239. The van der Waals surface area contributed by atoms with Crippen molar-refractivity contribution in [2.75, 3.05) is 6.61 Å². The molecule has 96 valence electrons. The maximum absolute atomic E-state index is 5.45. The van der Waals surface area contributed by atoms with Crippen LogP contribution in [0.2, 0.25) is 0 Å². The first-order chi connectivity index (χ1) is 8.61. The van der Waals surface area contributed by atoms with E-state index in [0.29, 0.717) is 6.61 Å². The largest absolute Gasteiger partial charge is 0.494 e. The second kappa shape index (κ2) is 6.22. The van der Waals surface area contributed by atoms with Crippen molar-refractivity contribution in [1.82, 2.24) is 0 Å². The smallest absolute Gasteiger partial charge is 0.119 e. The Labute approximate surface area is 128 Å². The molecule has 0 aliphatic rings. The van der Waals surface area contributed by atoms with Crippen molar-refractivity contribution in [1.29, 1.82) is 0 Å². The first kappa shape index (κ1) is 14.1. The molecule has 0 fully saturated rings. The Kier molecular flexibility index (Phi) is 4.87. The van der Waals surface area contributed by atoms with Gasteiger partial charge in [0, 0.05) is 4.88 Å². The standard InChI is InChI=1S/C14H14Br2OS/c1-3-17-11-6-4-10(5-7-11)13(15)12-8-9(2)14(16)18-12/h4-8,13H,3H2,1-2H3. The molecule has 1 atom stereocenters. The van der Waals surface area contributed by atoms with E-state index < -0.39 is 0 Å². The lowest BCUT2D eigenvalue weighted by atomic mass is 10.1. The Morgan fingerprint density at radius 3 is 2.44 bits per heavy atom. The van der Waals surface area contributed by atoms with Crippen LogP contribution >= 0.6 is 43.2 Å². The van der Waals surface area contributed by atoms with Gasteiger partial charge in [0.1, 0.15) is 5.75 Å². The number of ether oxygens (including phenoxy) is 1. The molecular formula is C14H14Br2OS. The number of hydrogen-bond donors (Lipinski definition) is 0. The van der Waals surface area contributed by atoms with Crippen LogP contribution in [0, 0.1) is 6.92 Å². The SMILES string of the molecule is CCOc1ccc(C(Br)c2cc(C)c(Br)s2)cc1. The van der Waals surface area contributed by atoms with Crippen molar-refractivity contribution in [2.45, 2.75) is 18.7 Å². The molecule has 1 unspecified atom stereocenters. The number of benzene rings is 1. The van der Waals surface area contributed by atoms with Crippen LogP contribution in [0.4, 0.5) is 0 Å². The van der Waals surface area contributed by atoms with Crippen LogP contribution in [0.3, 0.4) is 0 Å². The molecule has 0 saturated carbocycles. The number of alkyl halides is 1. The number of aryl methyl sites for hydroxylation is 1. The highest BCUT2D eigenvalue weighted by Crippen LogP contribution is 2.39. The maximum atomic E-state index is 5.45. The number of halogens is 2. The van der Waals surface area contributed by atoms with Gasteiger partial charge in [0.05, 0.1) is 15.2 Å². The molecule has 0 N–H and O–H groups in total. The summed E-state index contributed by atoms with van der Waals surface area (Å²) >= 11 is 9.09. The zero-order valence-corrected chi connectivity index (χ0v) is 14.2. The lowest BCUT2D eigenvalue weighted by molar-refractivity contribution is 0.340. The fourth-order valence-electron chi connectivity index (χ4n) is 1.67. The lowest BCUT2D eigenvalue weighted by Crippen LogP contribution is -1.93. The highest BCUT2D eigenvalue weighted by Gasteiger charge is 2.14. The van der Waals surface area contributed by atoms with Crippen molar-refractivity contribution in [3.63, 3.8) is 0 Å². The fourth-order valence-corrected chi connectivity index (χ4v) is 3.97. The van der Waals surface area contributed by atoms with Crippen LogP contribution in [0.5, 0.6) is 5.75 Å². The second-order valence-corrected chi connectivity index (χ2v) is 7.29. The van der Waals surface area contributed by atoms with Crippen molar-refractivity contribution < 1.29 is 4.74 Å². The van der Waals surface area contributed by atoms with Crippen molar-refractivity contribution >= 4 is 43.2 Å². The zero-order valence-electron chi connectivity index (χ0n) is 10.2. The minimum atomic E-state index is 0.239. The van der Waals surface area contributed by atoms with Gasteiger partial charge in [-0.25, -0.2) is 0 Å². The first-order valence-corrected chi connectivity index (χ1v) is 8.27. The van der Waals surface area contributed by atoms with Gasteiger partial charge in [0.2, 0.25) is 0 Å². The van der Waals surface area contributed by atoms with E-state index in [9.17, 15) is 0 Å². The van der Waals surface area contributed by atoms with Gasteiger partial charge in [-0.2, -0.15) is 0 Å². The van der Waals surface area contributed by atoms with Gasteiger partial charge in [0.15, 0.2) is 0 Å². The van der Waals surface area contributed by atoms with E-state index in [1.165, 1.54) is 19.8 Å². The first-order valence-electron chi connectivity index (χ1n) is 5.74. The van der Waals surface area contributed by atoms with E-state index >= 15 is 0 Å². The average molecular weight is 390 g/mol. The van der Waals surface area contributed by atoms with Crippen molar-refractivity contribution in [2.24, 2.45) is 0 Å². The number of rotatable bonds is 4. The van der Waals surface area contributed by atoms with E-state index in [1.807, 2.05) is 19.1 Å². The zero-order chi connectivity index (χ0) is 13.1. The molecule has 0 aliphatic heterocycles.